The van der Waals surface area contributed by atoms with E-state index >= 15 is 0 Å². The summed E-state index contributed by atoms with van der Waals surface area (Å²) in [5, 5.41) is 0. The molecular weight excluding hydrogens is 324 g/mol. The number of ether oxygens (including phenoxy) is 4. The quantitative estimate of drug-likeness (QED) is 0.373. The molecule has 0 aliphatic rings. The lowest BCUT2D eigenvalue weighted by Crippen LogP contribution is -2.24. The van der Waals surface area contributed by atoms with Gasteiger partial charge in [-0.15, -0.1) is 0 Å². The Kier molecular flexibility index (Phi) is 11.8. The molecule has 0 saturated carbocycles. The molecule has 25 heavy (non-hydrogen) atoms. The van der Waals surface area contributed by atoms with Crippen molar-refractivity contribution in [3.05, 3.63) is 24.3 Å². The summed E-state index contributed by atoms with van der Waals surface area (Å²) in [5.74, 6) is -0.586. The molecule has 0 fully saturated rings. The minimum absolute atomic E-state index is 0.0792. The predicted molar refractivity (Wildman–Crippen MR) is 96.1 cm³/mol. The van der Waals surface area contributed by atoms with Gasteiger partial charge in [-0.05, 0) is 20.8 Å². The van der Waals surface area contributed by atoms with Crippen molar-refractivity contribution in [1.82, 2.24) is 0 Å². The third-order valence-corrected chi connectivity index (χ3v) is 3.12. The van der Waals surface area contributed by atoms with Crippen molar-refractivity contribution in [3.63, 3.8) is 0 Å². The second-order valence-corrected chi connectivity index (χ2v) is 6.65. The number of rotatable bonds is 13. The van der Waals surface area contributed by atoms with Gasteiger partial charge in [-0.1, -0.05) is 27.0 Å². The molecular formula is C19H32O6. The molecule has 3 unspecified atom stereocenters. The molecule has 6 heteroatoms. The number of hydrogen-bond donors (Lipinski definition) is 0. The summed E-state index contributed by atoms with van der Waals surface area (Å²) >= 11 is 0. The summed E-state index contributed by atoms with van der Waals surface area (Å²) in [7, 11) is 0. The van der Waals surface area contributed by atoms with Crippen molar-refractivity contribution in [2.24, 2.45) is 11.8 Å². The predicted octanol–water partition coefficient (Wildman–Crippen LogP) is 2.92. The van der Waals surface area contributed by atoms with Crippen molar-refractivity contribution in [3.8, 4) is 0 Å². The van der Waals surface area contributed by atoms with E-state index in [9.17, 15) is 9.59 Å². The van der Waals surface area contributed by atoms with Crippen LogP contribution in [0.25, 0.3) is 0 Å². The minimum atomic E-state index is -0.385. The maximum atomic E-state index is 11.3. The van der Waals surface area contributed by atoms with Crippen LogP contribution >= 0.6 is 0 Å². The normalized spacial score (nSPS) is 14.3. The lowest BCUT2D eigenvalue weighted by atomic mass is 10.2. The first-order valence-electron chi connectivity index (χ1n) is 8.48. The van der Waals surface area contributed by atoms with Crippen LogP contribution in [-0.2, 0) is 28.5 Å². The second kappa shape index (κ2) is 12.7. The highest BCUT2D eigenvalue weighted by Crippen LogP contribution is 2.05. The molecule has 0 rings (SSSR count). The first-order chi connectivity index (χ1) is 11.6. The fourth-order valence-corrected chi connectivity index (χ4v) is 1.59. The molecule has 144 valence electrons. The maximum Gasteiger partial charge on any atom is 0.333 e. The SMILES string of the molecule is C=C(C)C(=O)OCC(C)COCC(C)OCC(C)COC(=O)C(=C)C. The van der Waals surface area contributed by atoms with Gasteiger partial charge in [-0.25, -0.2) is 9.59 Å². The molecule has 3 atom stereocenters. The largest absolute Gasteiger partial charge is 0.462 e. The molecule has 0 aromatic carbocycles. The standard InChI is InChI=1S/C19H32O6/c1-13(2)18(20)24-10-15(5)8-22-12-17(7)23-9-16(6)11-25-19(21)14(3)4/h15-17H,1,3,8-12H2,2,4-7H3. The van der Waals surface area contributed by atoms with Gasteiger partial charge < -0.3 is 18.9 Å². The Morgan fingerprint density at radius 3 is 1.64 bits per heavy atom. The number of carbonyl (C=O) groups excluding carboxylic acids is 2. The number of hydrogen-bond acceptors (Lipinski definition) is 6. The van der Waals surface area contributed by atoms with E-state index in [0.29, 0.717) is 44.2 Å². The summed E-state index contributed by atoms with van der Waals surface area (Å²) in [6, 6.07) is 0. The molecule has 0 N–H and O–H groups in total. The third kappa shape index (κ3) is 12.4. The van der Waals surface area contributed by atoms with E-state index in [2.05, 4.69) is 13.2 Å². The van der Waals surface area contributed by atoms with Crippen molar-refractivity contribution in [2.75, 3.05) is 33.0 Å². The Labute approximate surface area is 151 Å². The lowest BCUT2D eigenvalue weighted by molar-refractivity contribution is -0.142. The fraction of sp³-hybridized carbons (Fsp3) is 0.684. The molecule has 0 aromatic heterocycles. The van der Waals surface area contributed by atoms with Gasteiger partial charge in [-0.3, -0.25) is 0 Å². The van der Waals surface area contributed by atoms with Crippen LogP contribution < -0.4 is 0 Å². The Balaban J connectivity index is 3.77. The first kappa shape index (κ1) is 23.3. The molecule has 0 saturated heterocycles. The van der Waals surface area contributed by atoms with Crippen LogP contribution in [0.2, 0.25) is 0 Å². The molecule has 0 aromatic rings. The van der Waals surface area contributed by atoms with E-state index in [4.69, 9.17) is 18.9 Å². The summed E-state index contributed by atoms with van der Waals surface area (Å²) in [4.78, 5) is 22.6. The molecule has 6 nitrogen and oxygen atoms in total. The van der Waals surface area contributed by atoms with Gasteiger partial charge >= 0.3 is 11.9 Å². The van der Waals surface area contributed by atoms with Crippen LogP contribution in [0, 0.1) is 11.8 Å². The second-order valence-electron chi connectivity index (χ2n) is 6.65. The van der Waals surface area contributed by atoms with Gasteiger partial charge in [0.05, 0.1) is 39.1 Å². The van der Waals surface area contributed by atoms with Gasteiger partial charge in [0, 0.05) is 23.0 Å². The zero-order valence-electron chi connectivity index (χ0n) is 16.1. The van der Waals surface area contributed by atoms with Crippen molar-refractivity contribution >= 4 is 11.9 Å². The van der Waals surface area contributed by atoms with E-state index in [0.717, 1.165) is 0 Å². The van der Waals surface area contributed by atoms with Crippen LogP contribution in [0.15, 0.2) is 24.3 Å². The molecule has 0 heterocycles. The molecule has 0 bridgehead atoms. The Hall–Kier alpha value is -1.66. The number of carbonyl (C=O) groups is 2. The van der Waals surface area contributed by atoms with Gasteiger partial charge in [0.25, 0.3) is 0 Å². The Morgan fingerprint density at radius 2 is 1.20 bits per heavy atom. The molecule has 0 radical (unpaired) electrons. The van der Waals surface area contributed by atoms with E-state index in [1.165, 1.54) is 0 Å². The van der Waals surface area contributed by atoms with Crippen molar-refractivity contribution < 1.29 is 28.5 Å². The number of esters is 2. The first-order valence-corrected chi connectivity index (χ1v) is 8.48. The van der Waals surface area contributed by atoms with Crippen molar-refractivity contribution in [2.45, 2.75) is 40.7 Å². The maximum absolute atomic E-state index is 11.3. The molecule has 0 spiro atoms. The Morgan fingerprint density at radius 1 is 0.760 bits per heavy atom. The highest BCUT2D eigenvalue weighted by molar-refractivity contribution is 5.87. The fourth-order valence-electron chi connectivity index (χ4n) is 1.59. The van der Waals surface area contributed by atoms with Crippen LogP contribution in [0.4, 0.5) is 0 Å². The monoisotopic (exact) mass is 356 g/mol. The average molecular weight is 356 g/mol. The molecule has 0 aliphatic heterocycles. The Bertz CT molecular complexity index is 457. The molecule has 0 amide bonds. The summed E-state index contributed by atoms with van der Waals surface area (Å²) < 4.78 is 21.4. The summed E-state index contributed by atoms with van der Waals surface area (Å²) in [5.41, 5.74) is 0.774. The average Bonchev–Trinajstić information content (AvgIpc) is 2.55. The highest BCUT2D eigenvalue weighted by atomic mass is 16.5. The van der Waals surface area contributed by atoms with Gasteiger partial charge in [-0.2, -0.15) is 0 Å². The molecule has 0 aliphatic carbocycles. The van der Waals surface area contributed by atoms with Gasteiger partial charge in [0.15, 0.2) is 0 Å². The van der Waals surface area contributed by atoms with Crippen molar-refractivity contribution in [1.29, 1.82) is 0 Å². The van der Waals surface area contributed by atoms with Gasteiger partial charge in [0.1, 0.15) is 0 Å². The van der Waals surface area contributed by atoms with E-state index in [1.807, 2.05) is 20.8 Å². The zero-order valence-corrected chi connectivity index (χ0v) is 16.1. The zero-order chi connectivity index (χ0) is 19.4. The topological polar surface area (TPSA) is 71.1 Å². The summed E-state index contributed by atoms with van der Waals surface area (Å²) in [6.07, 6.45) is -0.0792. The van der Waals surface area contributed by atoms with E-state index in [1.54, 1.807) is 13.8 Å². The minimum Gasteiger partial charge on any atom is -0.462 e. The van der Waals surface area contributed by atoms with Crippen LogP contribution in [0.1, 0.15) is 34.6 Å². The summed E-state index contributed by atoms with van der Waals surface area (Å²) in [6.45, 7) is 18.1. The van der Waals surface area contributed by atoms with E-state index in [-0.39, 0.29) is 29.9 Å². The smallest absolute Gasteiger partial charge is 0.333 e. The van der Waals surface area contributed by atoms with Crippen LogP contribution in [0.5, 0.6) is 0 Å². The third-order valence-electron chi connectivity index (χ3n) is 3.12. The highest BCUT2D eigenvalue weighted by Gasteiger charge is 2.12. The van der Waals surface area contributed by atoms with Gasteiger partial charge in [0.2, 0.25) is 0 Å². The van der Waals surface area contributed by atoms with Crippen LogP contribution in [-0.4, -0.2) is 51.1 Å². The lowest BCUT2D eigenvalue weighted by Gasteiger charge is -2.18. The van der Waals surface area contributed by atoms with E-state index < -0.39 is 0 Å². The van der Waals surface area contributed by atoms with Crippen LogP contribution in [0.3, 0.4) is 0 Å².